The van der Waals surface area contributed by atoms with E-state index in [0.29, 0.717) is 5.71 Å². The molecule has 9 rings (SSSR count). The van der Waals surface area contributed by atoms with E-state index in [9.17, 15) is 0 Å². The van der Waals surface area contributed by atoms with E-state index in [1.54, 1.807) is 0 Å². The number of aromatic nitrogens is 2. The Morgan fingerprint density at radius 2 is 1.06 bits per heavy atom. The number of aliphatic imine (C=N–C) groups is 1. The first kappa shape index (κ1) is 27.8. The topological polar surface area (TPSA) is 46.1 Å². The summed E-state index contributed by atoms with van der Waals surface area (Å²) in [4.78, 5) is 5.07. The van der Waals surface area contributed by atoms with Crippen molar-refractivity contribution in [1.82, 2.24) is 9.13 Å². The fraction of sp³-hybridized carbons (Fsp3) is 0. The molecule has 0 atom stereocenters. The average molecular weight is 615 g/mol. The molecule has 2 heterocycles. The van der Waals surface area contributed by atoms with Crippen molar-refractivity contribution in [3.63, 3.8) is 0 Å². The summed E-state index contributed by atoms with van der Waals surface area (Å²) < 4.78 is 4.52. The highest BCUT2D eigenvalue weighted by molar-refractivity contribution is 6.16. The van der Waals surface area contributed by atoms with Crippen LogP contribution in [0.15, 0.2) is 180 Å². The molecule has 4 nitrogen and oxygen atoms in total. The summed E-state index contributed by atoms with van der Waals surface area (Å²) in [5.41, 5.74) is 11.1. The van der Waals surface area contributed by atoms with E-state index < -0.39 is 0 Å². The number of nitrogens with one attached hydrogen (secondary N) is 1. The lowest BCUT2D eigenvalue weighted by Crippen LogP contribution is -2.03. The Bertz CT molecular complexity index is 2660. The standard InChI is InChI=1S/C44H30N4/c45-39-20-10-7-19-36(39)44(30-13-3-1-4-14-30)46-29-47-40-21-11-8-17-34(40)37-27-31(23-25-41(37)47)32-24-26-43-38(28-32)35-18-9-12-22-42(35)48(43)33-15-5-2-6-16-33/h1-29,45H/b44-36-,45-39?,46-29+. The van der Waals surface area contributed by atoms with Crippen molar-refractivity contribution in [2.45, 2.75) is 0 Å². The van der Waals surface area contributed by atoms with Crippen LogP contribution < -0.4 is 0 Å². The van der Waals surface area contributed by atoms with Gasteiger partial charge in [-0.15, -0.1) is 0 Å². The van der Waals surface area contributed by atoms with E-state index >= 15 is 0 Å². The largest absolute Gasteiger partial charge is 0.309 e. The zero-order valence-corrected chi connectivity index (χ0v) is 26.1. The Morgan fingerprint density at radius 3 is 1.79 bits per heavy atom. The van der Waals surface area contributed by atoms with E-state index in [0.717, 1.165) is 33.6 Å². The number of rotatable bonds is 5. The molecule has 0 radical (unpaired) electrons. The van der Waals surface area contributed by atoms with Crippen molar-refractivity contribution in [3.05, 3.63) is 181 Å². The molecule has 1 aliphatic rings. The van der Waals surface area contributed by atoms with Gasteiger partial charge in [-0.3, -0.25) is 4.57 Å². The van der Waals surface area contributed by atoms with Gasteiger partial charge >= 0.3 is 0 Å². The molecule has 1 N–H and O–H groups in total. The lowest BCUT2D eigenvalue weighted by atomic mass is 9.99. The molecule has 0 amide bonds. The molecule has 0 unspecified atom stereocenters. The Labute approximate surface area is 278 Å². The van der Waals surface area contributed by atoms with E-state index in [-0.39, 0.29) is 0 Å². The Kier molecular flexibility index (Phi) is 6.58. The van der Waals surface area contributed by atoms with Crippen LogP contribution in [0, 0.1) is 5.41 Å². The van der Waals surface area contributed by atoms with Crippen LogP contribution in [0.4, 0.5) is 0 Å². The van der Waals surface area contributed by atoms with Gasteiger partial charge in [0.05, 0.1) is 33.5 Å². The normalized spacial score (nSPS) is 14.3. The zero-order chi connectivity index (χ0) is 32.0. The van der Waals surface area contributed by atoms with Gasteiger partial charge in [-0.1, -0.05) is 115 Å². The second-order valence-electron chi connectivity index (χ2n) is 12.0. The number of hydrogen-bond donors (Lipinski definition) is 1. The maximum Gasteiger partial charge on any atom is 0.100 e. The van der Waals surface area contributed by atoms with Crippen molar-refractivity contribution in [2.24, 2.45) is 4.99 Å². The molecule has 0 fully saturated rings. The highest BCUT2D eigenvalue weighted by Gasteiger charge is 2.16. The second-order valence-corrected chi connectivity index (χ2v) is 12.0. The second kappa shape index (κ2) is 11.4. The minimum absolute atomic E-state index is 0.448. The molecule has 6 aromatic carbocycles. The van der Waals surface area contributed by atoms with Crippen molar-refractivity contribution in [3.8, 4) is 16.8 Å². The SMILES string of the molecule is N=C1C=CC=C/C1=C(/N=C/n1c2ccccc2c2cc(-c3ccc4c(c3)c3ccccc3n4-c3ccccc3)ccc21)c1ccccc1. The third kappa shape index (κ3) is 4.54. The summed E-state index contributed by atoms with van der Waals surface area (Å²) in [7, 11) is 0. The van der Waals surface area contributed by atoms with Crippen molar-refractivity contribution < 1.29 is 0 Å². The molecule has 48 heavy (non-hydrogen) atoms. The summed E-state index contributed by atoms with van der Waals surface area (Å²) in [6, 6.07) is 51.4. The fourth-order valence-electron chi connectivity index (χ4n) is 7.02. The summed E-state index contributed by atoms with van der Waals surface area (Å²) in [6.07, 6.45) is 9.54. The van der Waals surface area contributed by atoms with Crippen LogP contribution in [0.3, 0.4) is 0 Å². The molecule has 4 heteroatoms. The van der Waals surface area contributed by atoms with Crippen molar-refractivity contribution in [1.29, 1.82) is 5.41 Å². The number of hydrogen-bond acceptors (Lipinski definition) is 2. The van der Waals surface area contributed by atoms with E-state index in [1.165, 1.54) is 43.7 Å². The van der Waals surface area contributed by atoms with E-state index in [2.05, 4.69) is 124 Å². The maximum absolute atomic E-state index is 8.61. The van der Waals surface area contributed by atoms with Crippen LogP contribution in [-0.2, 0) is 0 Å². The summed E-state index contributed by atoms with van der Waals surface area (Å²) in [6.45, 7) is 0. The Morgan fingerprint density at radius 1 is 0.521 bits per heavy atom. The van der Waals surface area contributed by atoms with Crippen LogP contribution >= 0.6 is 0 Å². The molecule has 8 aromatic rings. The van der Waals surface area contributed by atoms with Gasteiger partial charge in [-0.25, -0.2) is 4.99 Å². The summed E-state index contributed by atoms with van der Waals surface area (Å²) >= 11 is 0. The van der Waals surface area contributed by atoms with Crippen molar-refractivity contribution >= 4 is 61.4 Å². The van der Waals surface area contributed by atoms with Gasteiger partial charge in [0.25, 0.3) is 0 Å². The Balaban J connectivity index is 1.19. The first-order chi connectivity index (χ1) is 23.7. The molecule has 0 aliphatic heterocycles. The fourth-order valence-corrected chi connectivity index (χ4v) is 7.02. The zero-order valence-electron chi connectivity index (χ0n) is 26.1. The summed E-state index contributed by atoms with van der Waals surface area (Å²) in [5.74, 6) is 0. The minimum atomic E-state index is 0.448. The first-order valence-electron chi connectivity index (χ1n) is 16.1. The number of nitrogens with zero attached hydrogens (tertiary/aromatic N) is 3. The minimum Gasteiger partial charge on any atom is -0.309 e. The van der Waals surface area contributed by atoms with Crippen LogP contribution in [0.1, 0.15) is 5.56 Å². The highest BCUT2D eigenvalue weighted by Crippen LogP contribution is 2.37. The van der Waals surface area contributed by atoms with E-state index in [1.807, 2.05) is 61.0 Å². The smallest absolute Gasteiger partial charge is 0.100 e. The molecule has 0 bridgehead atoms. The third-order valence-corrected chi connectivity index (χ3v) is 9.26. The predicted octanol–water partition coefficient (Wildman–Crippen LogP) is 11.0. The van der Waals surface area contributed by atoms with Crippen LogP contribution in [-0.4, -0.2) is 21.2 Å². The molecular weight excluding hydrogens is 585 g/mol. The van der Waals surface area contributed by atoms with Gasteiger partial charge in [0.2, 0.25) is 0 Å². The third-order valence-electron chi connectivity index (χ3n) is 9.26. The van der Waals surface area contributed by atoms with Gasteiger partial charge in [0.1, 0.15) is 6.34 Å². The first-order valence-corrected chi connectivity index (χ1v) is 16.1. The highest BCUT2D eigenvalue weighted by atomic mass is 15.0. The quantitative estimate of drug-likeness (QED) is 0.148. The molecule has 2 aromatic heterocycles. The summed E-state index contributed by atoms with van der Waals surface area (Å²) in [5, 5.41) is 13.4. The molecular formula is C44H30N4. The number of para-hydroxylation sites is 3. The lowest BCUT2D eigenvalue weighted by molar-refractivity contribution is 1.18. The number of benzene rings is 6. The van der Waals surface area contributed by atoms with Crippen molar-refractivity contribution in [2.75, 3.05) is 0 Å². The van der Waals surface area contributed by atoms with Gasteiger partial charge in [-0.05, 0) is 65.7 Å². The molecule has 226 valence electrons. The van der Waals surface area contributed by atoms with Crippen LogP contribution in [0.2, 0.25) is 0 Å². The van der Waals surface area contributed by atoms with Gasteiger partial charge in [-0.2, -0.15) is 0 Å². The maximum atomic E-state index is 8.61. The number of allylic oxidation sites excluding steroid dienone is 5. The van der Waals surface area contributed by atoms with Gasteiger partial charge in [0.15, 0.2) is 0 Å². The molecule has 1 aliphatic carbocycles. The average Bonchev–Trinajstić information content (AvgIpc) is 3.65. The predicted molar refractivity (Wildman–Crippen MR) is 202 cm³/mol. The molecule has 0 spiro atoms. The van der Waals surface area contributed by atoms with Crippen LogP contribution in [0.5, 0.6) is 0 Å². The van der Waals surface area contributed by atoms with Crippen LogP contribution in [0.25, 0.3) is 66.1 Å². The van der Waals surface area contributed by atoms with Gasteiger partial charge in [0, 0.05) is 38.4 Å². The van der Waals surface area contributed by atoms with Gasteiger partial charge < -0.3 is 9.98 Å². The molecule has 0 saturated heterocycles. The molecule has 0 saturated carbocycles. The van der Waals surface area contributed by atoms with E-state index in [4.69, 9.17) is 10.4 Å². The monoisotopic (exact) mass is 614 g/mol. The lowest BCUT2D eigenvalue weighted by Gasteiger charge is -2.11. The Hall–Kier alpha value is -6.52. The number of fused-ring (bicyclic) bond motifs is 6.